The van der Waals surface area contributed by atoms with E-state index >= 15 is 0 Å². The Bertz CT molecular complexity index is 374. The van der Waals surface area contributed by atoms with E-state index in [1.165, 1.54) is 0 Å². The van der Waals surface area contributed by atoms with E-state index in [9.17, 15) is 4.79 Å². The molecule has 4 nitrogen and oxygen atoms in total. The van der Waals surface area contributed by atoms with Gasteiger partial charge in [-0.2, -0.15) is 0 Å². The van der Waals surface area contributed by atoms with Crippen LogP contribution >= 0.6 is 0 Å². The smallest absolute Gasteiger partial charge is 0.224 e. The van der Waals surface area contributed by atoms with Crippen molar-refractivity contribution in [1.29, 1.82) is 0 Å². The minimum absolute atomic E-state index is 0.00398. The Labute approximate surface area is 116 Å². The van der Waals surface area contributed by atoms with E-state index in [0.717, 1.165) is 18.5 Å². The first-order chi connectivity index (χ1) is 9.08. The summed E-state index contributed by atoms with van der Waals surface area (Å²) < 4.78 is 0. The molecule has 0 aliphatic rings. The third kappa shape index (κ3) is 5.01. The Morgan fingerprint density at radius 1 is 1.32 bits per heavy atom. The van der Waals surface area contributed by atoms with Gasteiger partial charge in [0.05, 0.1) is 6.04 Å². The Morgan fingerprint density at radius 2 is 1.95 bits per heavy atom. The van der Waals surface area contributed by atoms with Crippen LogP contribution in [0.2, 0.25) is 0 Å². The molecule has 0 spiro atoms. The first-order valence-electron chi connectivity index (χ1n) is 6.78. The molecule has 19 heavy (non-hydrogen) atoms. The zero-order valence-electron chi connectivity index (χ0n) is 12.1. The Morgan fingerprint density at radius 3 is 2.42 bits per heavy atom. The zero-order chi connectivity index (χ0) is 14.3. The first-order valence-corrected chi connectivity index (χ1v) is 6.78. The minimum atomic E-state index is -0.103. The highest BCUT2D eigenvalue weighted by molar-refractivity contribution is 5.79. The lowest BCUT2D eigenvalue weighted by atomic mass is 10.0. The van der Waals surface area contributed by atoms with Gasteiger partial charge in [0.25, 0.3) is 0 Å². The van der Waals surface area contributed by atoms with Crippen molar-refractivity contribution in [3.8, 4) is 0 Å². The van der Waals surface area contributed by atoms with Gasteiger partial charge in [0.15, 0.2) is 0 Å². The molecule has 4 heteroatoms. The Balaban J connectivity index is 2.78. The van der Waals surface area contributed by atoms with Crippen LogP contribution in [0.25, 0.3) is 0 Å². The molecule has 0 fully saturated rings. The molecule has 1 aromatic rings. The highest BCUT2D eigenvalue weighted by Crippen LogP contribution is 2.14. The summed E-state index contributed by atoms with van der Waals surface area (Å²) in [6, 6.07) is 10.0. The normalized spacial score (nSPS) is 14.2. The summed E-state index contributed by atoms with van der Waals surface area (Å²) >= 11 is 0. The second-order valence-electron chi connectivity index (χ2n) is 5.07. The lowest BCUT2D eigenvalue weighted by molar-refractivity contribution is -0.125. The third-order valence-electron chi connectivity index (χ3n) is 3.21. The second-order valence-corrected chi connectivity index (χ2v) is 5.07. The summed E-state index contributed by atoms with van der Waals surface area (Å²) in [6.07, 6.45) is 0.770. The minimum Gasteiger partial charge on any atom is -0.348 e. The van der Waals surface area contributed by atoms with Crippen LogP contribution < -0.4 is 11.1 Å². The highest BCUT2D eigenvalue weighted by atomic mass is 16.2. The summed E-state index contributed by atoms with van der Waals surface area (Å²) in [7, 11) is 4.00. The SMILES string of the molecule is CCC(CN)C(=O)NC(CN(C)C)c1ccccc1. The molecule has 0 aromatic heterocycles. The van der Waals surface area contributed by atoms with Gasteiger partial charge in [-0.05, 0) is 26.1 Å². The zero-order valence-corrected chi connectivity index (χ0v) is 12.1. The topological polar surface area (TPSA) is 58.4 Å². The quantitative estimate of drug-likeness (QED) is 0.781. The molecule has 0 radical (unpaired) electrons. The fourth-order valence-electron chi connectivity index (χ4n) is 2.03. The molecule has 0 saturated carbocycles. The second kappa shape index (κ2) is 7.92. The van der Waals surface area contributed by atoms with Crippen molar-refractivity contribution in [1.82, 2.24) is 10.2 Å². The van der Waals surface area contributed by atoms with E-state index in [1.807, 2.05) is 51.4 Å². The van der Waals surface area contributed by atoms with E-state index in [2.05, 4.69) is 10.2 Å². The van der Waals surface area contributed by atoms with Crippen molar-refractivity contribution in [3.05, 3.63) is 35.9 Å². The number of benzene rings is 1. The van der Waals surface area contributed by atoms with Crippen molar-refractivity contribution in [3.63, 3.8) is 0 Å². The van der Waals surface area contributed by atoms with Crippen LogP contribution in [-0.2, 0) is 4.79 Å². The van der Waals surface area contributed by atoms with Gasteiger partial charge in [0.1, 0.15) is 0 Å². The average Bonchev–Trinajstić information content (AvgIpc) is 2.40. The van der Waals surface area contributed by atoms with Crippen LogP contribution in [0, 0.1) is 5.92 Å². The van der Waals surface area contributed by atoms with Crippen LogP contribution in [0.1, 0.15) is 24.9 Å². The molecule has 0 aliphatic heterocycles. The van der Waals surface area contributed by atoms with Gasteiger partial charge >= 0.3 is 0 Å². The molecule has 1 amide bonds. The molecule has 0 saturated heterocycles. The van der Waals surface area contributed by atoms with Crippen LogP contribution in [-0.4, -0.2) is 38.0 Å². The number of rotatable bonds is 7. The number of nitrogens with one attached hydrogen (secondary N) is 1. The van der Waals surface area contributed by atoms with E-state index in [-0.39, 0.29) is 17.9 Å². The fraction of sp³-hybridized carbons (Fsp3) is 0.533. The van der Waals surface area contributed by atoms with Gasteiger partial charge in [-0.1, -0.05) is 37.3 Å². The van der Waals surface area contributed by atoms with Gasteiger partial charge in [0, 0.05) is 19.0 Å². The molecule has 3 N–H and O–H groups in total. The maximum absolute atomic E-state index is 12.2. The number of nitrogens with zero attached hydrogens (tertiary/aromatic N) is 1. The van der Waals surface area contributed by atoms with Crippen LogP contribution in [0.15, 0.2) is 30.3 Å². The van der Waals surface area contributed by atoms with Crippen molar-refractivity contribution < 1.29 is 4.79 Å². The number of carbonyl (C=O) groups excluding carboxylic acids is 1. The number of hydrogen-bond donors (Lipinski definition) is 2. The maximum Gasteiger partial charge on any atom is 0.224 e. The average molecular weight is 263 g/mol. The Kier molecular flexibility index (Phi) is 6.53. The summed E-state index contributed by atoms with van der Waals surface area (Å²) in [6.45, 7) is 3.16. The molecule has 1 rings (SSSR count). The lowest BCUT2D eigenvalue weighted by Crippen LogP contribution is -2.40. The largest absolute Gasteiger partial charge is 0.348 e. The van der Waals surface area contributed by atoms with Crippen molar-refractivity contribution in [2.75, 3.05) is 27.2 Å². The van der Waals surface area contributed by atoms with Crippen molar-refractivity contribution in [2.24, 2.45) is 11.7 Å². The van der Waals surface area contributed by atoms with Crippen molar-refractivity contribution >= 4 is 5.91 Å². The molecule has 106 valence electrons. The highest BCUT2D eigenvalue weighted by Gasteiger charge is 2.20. The predicted octanol–water partition coefficient (Wildman–Crippen LogP) is 1.39. The summed E-state index contributed by atoms with van der Waals surface area (Å²) in [5.41, 5.74) is 6.75. The van der Waals surface area contributed by atoms with Gasteiger partial charge in [0.2, 0.25) is 5.91 Å². The van der Waals surface area contributed by atoms with Crippen LogP contribution in [0.5, 0.6) is 0 Å². The number of amides is 1. The summed E-state index contributed by atoms with van der Waals surface area (Å²) in [5.74, 6) is -0.0610. The van der Waals surface area contributed by atoms with Gasteiger partial charge in [-0.25, -0.2) is 0 Å². The molecule has 2 unspecified atom stereocenters. The Hall–Kier alpha value is -1.39. The van der Waals surface area contributed by atoms with Crippen LogP contribution in [0.4, 0.5) is 0 Å². The van der Waals surface area contributed by atoms with Crippen LogP contribution in [0.3, 0.4) is 0 Å². The third-order valence-corrected chi connectivity index (χ3v) is 3.21. The van der Waals surface area contributed by atoms with E-state index < -0.39 is 0 Å². The fourth-order valence-corrected chi connectivity index (χ4v) is 2.03. The first kappa shape index (κ1) is 15.7. The standard InChI is InChI=1S/C15H25N3O/c1-4-12(10-16)15(19)17-14(11-18(2)3)13-8-6-5-7-9-13/h5-9,12,14H,4,10-11,16H2,1-3H3,(H,17,19). The maximum atomic E-state index is 12.2. The molecule has 0 bridgehead atoms. The van der Waals surface area contributed by atoms with E-state index in [4.69, 9.17) is 5.73 Å². The molecule has 2 atom stereocenters. The molecule has 0 aliphatic carbocycles. The van der Waals surface area contributed by atoms with E-state index in [0.29, 0.717) is 6.54 Å². The molecule has 0 heterocycles. The monoisotopic (exact) mass is 263 g/mol. The van der Waals surface area contributed by atoms with Gasteiger partial charge in [-0.15, -0.1) is 0 Å². The van der Waals surface area contributed by atoms with Gasteiger partial charge < -0.3 is 16.0 Å². The van der Waals surface area contributed by atoms with Crippen molar-refractivity contribution in [2.45, 2.75) is 19.4 Å². The molecular weight excluding hydrogens is 238 g/mol. The number of likely N-dealkylation sites (N-methyl/N-ethyl adjacent to an activating group) is 1. The number of nitrogens with two attached hydrogens (primary N) is 1. The number of carbonyl (C=O) groups is 1. The predicted molar refractivity (Wildman–Crippen MR) is 78.7 cm³/mol. The number of hydrogen-bond acceptors (Lipinski definition) is 3. The summed E-state index contributed by atoms with van der Waals surface area (Å²) in [4.78, 5) is 14.2. The lowest BCUT2D eigenvalue weighted by Gasteiger charge is -2.24. The van der Waals surface area contributed by atoms with Gasteiger partial charge in [-0.3, -0.25) is 4.79 Å². The summed E-state index contributed by atoms with van der Waals surface area (Å²) in [5, 5.41) is 3.11. The van der Waals surface area contributed by atoms with E-state index in [1.54, 1.807) is 0 Å². The molecular formula is C15H25N3O. The molecule has 1 aromatic carbocycles.